The van der Waals surface area contributed by atoms with Gasteiger partial charge in [0.1, 0.15) is 11.2 Å². The van der Waals surface area contributed by atoms with Crippen molar-refractivity contribution in [3.63, 3.8) is 0 Å². The highest BCUT2D eigenvalue weighted by Crippen LogP contribution is 2.30. The van der Waals surface area contributed by atoms with Crippen molar-refractivity contribution in [2.24, 2.45) is 12.8 Å². The van der Waals surface area contributed by atoms with Crippen LogP contribution in [0.1, 0.15) is 34.5 Å². The Morgan fingerprint density at radius 1 is 1.17 bits per heavy atom. The van der Waals surface area contributed by atoms with Crippen molar-refractivity contribution in [2.75, 3.05) is 51.2 Å². The van der Waals surface area contributed by atoms with Gasteiger partial charge in [-0.15, -0.1) is 0 Å². The molecule has 2 fully saturated rings. The number of anilines is 1. The Morgan fingerprint density at radius 3 is 2.64 bits per heavy atom. The minimum absolute atomic E-state index is 0.0157. The molecule has 10 heteroatoms. The van der Waals surface area contributed by atoms with E-state index in [0.717, 1.165) is 43.7 Å². The Morgan fingerprint density at radius 2 is 1.92 bits per heavy atom. The fraction of sp³-hybridized carbons (Fsp3) is 0.462. The normalized spacial score (nSPS) is 19.0. The number of imidazole rings is 1. The van der Waals surface area contributed by atoms with Gasteiger partial charge in [-0.25, -0.2) is 9.78 Å². The molecule has 2 saturated heterocycles. The quantitative estimate of drug-likeness (QED) is 0.582. The molecule has 1 amide bonds. The number of aromatic nitrogens is 3. The van der Waals surface area contributed by atoms with Gasteiger partial charge in [0.05, 0.1) is 23.9 Å². The predicted octanol–water partition coefficient (Wildman–Crippen LogP) is 0.970. The number of carbonyl (C=O) groups is 1. The summed E-state index contributed by atoms with van der Waals surface area (Å²) in [7, 11) is 3.73. The van der Waals surface area contributed by atoms with Crippen LogP contribution in [0, 0.1) is 11.3 Å². The smallest absolute Gasteiger partial charge is 0.330 e. The number of piperazine rings is 1. The molecule has 5 rings (SSSR count). The maximum Gasteiger partial charge on any atom is 0.330 e. The zero-order valence-corrected chi connectivity index (χ0v) is 20.9. The van der Waals surface area contributed by atoms with Gasteiger partial charge in [0, 0.05) is 52.4 Å². The first-order valence-electron chi connectivity index (χ1n) is 12.4. The van der Waals surface area contributed by atoms with Crippen molar-refractivity contribution in [1.82, 2.24) is 23.9 Å². The highest BCUT2D eigenvalue weighted by atomic mass is 16.2. The van der Waals surface area contributed by atoms with Crippen LogP contribution in [0.2, 0.25) is 0 Å². The molecule has 3 aromatic rings. The summed E-state index contributed by atoms with van der Waals surface area (Å²) < 4.78 is 3.16. The Hall–Kier alpha value is -3.68. The number of rotatable bonds is 4. The molecule has 0 radical (unpaired) electrons. The fourth-order valence-electron chi connectivity index (χ4n) is 5.21. The third kappa shape index (κ3) is 4.36. The van der Waals surface area contributed by atoms with E-state index < -0.39 is 0 Å². The summed E-state index contributed by atoms with van der Waals surface area (Å²) in [6.07, 6.45) is 1.87. The van der Waals surface area contributed by atoms with Crippen LogP contribution in [0.5, 0.6) is 0 Å². The molecule has 2 aliphatic heterocycles. The van der Waals surface area contributed by atoms with Crippen molar-refractivity contribution in [1.29, 1.82) is 5.26 Å². The number of benzene rings is 1. The summed E-state index contributed by atoms with van der Waals surface area (Å²) in [5.41, 5.74) is 9.63. The summed E-state index contributed by atoms with van der Waals surface area (Å²) in [4.78, 5) is 37.9. The molecule has 2 N–H and O–H groups in total. The van der Waals surface area contributed by atoms with Gasteiger partial charge in [0.2, 0.25) is 0 Å². The Kier molecular flexibility index (Phi) is 6.51. The number of piperidine rings is 1. The molecule has 36 heavy (non-hydrogen) atoms. The molecule has 2 aromatic heterocycles. The first-order valence-corrected chi connectivity index (χ1v) is 12.4. The van der Waals surface area contributed by atoms with E-state index in [1.807, 2.05) is 36.2 Å². The Bertz CT molecular complexity index is 1390. The standard InChI is InChI=1S/C26H32N8O2/c1-30-10-12-32(13-11-30)25(35)21-14-22(33-9-5-8-20(28)17-33)23-24(29-21)31(2)26(36)34(23)16-19-7-4-3-6-18(19)15-27/h3-4,6-7,14,20H,5,8-13,16-17,28H2,1-2H3. The number of nitrogens with two attached hydrogens (primary N) is 1. The SMILES string of the molecule is CN1CCN(C(=O)c2cc(N3CCCC(N)C3)c3c(n2)n(C)c(=O)n3Cc2ccccc2C#N)CC1. The van der Waals surface area contributed by atoms with Crippen molar-refractivity contribution in [2.45, 2.75) is 25.4 Å². The molecule has 4 heterocycles. The first-order chi connectivity index (χ1) is 17.4. The molecule has 1 atom stereocenters. The van der Waals surface area contributed by atoms with Crippen LogP contribution in [0.15, 0.2) is 35.1 Å². The lowest BCUT2D eigenvalue weighted by Gasteiger charge is -2.34. The number of carbonyl (C=O) groups excluding carboxylic acids is 1. The largest absolute Gasteiger partial charge is 0.368 e. The highest BCUT2D eigenvalue weighted by Gasteiger charge is 2.28. The van der Waals surface area contributed by atoms with E-state index in [0.29, 0.717) is 42.1 Å². The van der Waals surface area contributed by atoms with Gasteiger partial charge in [0.15, 0.2) is 5.65 Å². The summed E-state index contributed by atoms with van der Waals surface area (Å²) in [5.74, 6) is -0.123. The minimum atomic E-state index is -0.239. The molecule has 0 aliphatic carbocycles. The van der Waals surface area contributed by atoms with Gasteiger partial charge in [-0.2, -0.15) is 5.26 Å². The Labute approximate surface area is 210 Å². The van der Waals surface area contributed by atoms with Gasteiger partial charge in [-0.3, -0.25) is 13.9 Å². The number of aryl methyl sites for hydroxylation is 1. The van der Waals surface area contributed by atoms with E-state index in [4.69, 9.17) is 10.7 Å². The molecule has 0 spiro atoms. The second-order valence-electron chi connectivity index (χ2n) is 9.84. The molecular weight excluding hydrogens is 456 g/mol. The van der Waals surface area contributed by atoms with E-state index in [9.17, 15) is 14.9 Å². The van der Waals surface area contributed by atoms with Crippen LogP contribution >= 0.6 is 0 Å². The van der Waals surface area contributed by atoms with E-state index in [1.165, 1.54) is 4.57 Å². The second-order valence-corrected chi connectivity index (χ2v) is 9.84. The molecule has 188 valence electrons. The summed E-state index contributed by atoms with van der Waals surface area (Å²) in [6, 6.07) is 11.3. The number of nitrogens with zero attached hydrogens (tertiary/aromatic N) is 7. The van der Waals surface area contributed by atoms with Gasteiger partial charge >= 0.3 is 5.69 Å². The van der Waals surface area contributed by atoms with Gasteiger partial charge < -0.3 is 20.4 Å². The zero-order chi connectivity index (χ0) is 25.4. The molecule has 0 saturated carbocycles. The maximum atomic E-state index is 13.5. The Balaban J connectivity index is 1.66. The van der Waals surface area contributed by atoms with E-state index in [-0.39, 0.29) is 24.2 Å². The maximum absolute atomic E-state index is 13.5. The van der Waals surface area contributed by atoms with Crippen LogP contribution in [0.4, 0.5) is 5.69 Å². The predicted molar refractivity (Wildman–Crippen MR) is 138 cm³/mol. The summed E-state index contributed by atoms with van der Waals surface area (Å²) >= 11 is 0. The van der Waals surface area contributed by atoms with Gasteiger partial charge in [-0.05, 0) is 37.6 Å². The third-order valence-corrected chi connectivity index (χ3v) is 7.33. The molecular formula is C26H32N8O2. The van der Waals surface area contributed by atoms with Crippen LogP contribution in [-0.2, 0) is 13.6 Å². The number of nitriles is 1. The summed E-state index contributed by atoms with van der Waals surface area (Å²) in [5, 5.41) is 9.59. The van der Waals surface area contributed by atoms with E-state index in [2.05, 4.69) is 15.9 Å². The monoisotopic (exact) mass is 488 g/mol. The van der Waals surface area contributed by atoms with Crippen LogP contribution < -0.4 is 16.3 Å². The molecule has 1 unspecified atom stereocenters. The number of amides is 1. The lowest BCUT2D eigenvalue weighted by atomic mass is 10.1. The van der Waals surface area contributed by atoms with E-state index >= 15 is 0 Å². The van der Waals surface area contributed by atoms with Gasteiger partial charge in [0.25, 0.3) is 5.91 Å². The minimum Gasteiger partial charge on any atom is -0.368 e. The number of hydrogen-bond donors (Lipinski definition) is 1. The zero-order valence-electron chi connectivity index (χ0n) is 20.9. The highest BCUT2D eigenvalue weighted by molar-refractivity contribution is 5.98. The second kappa shape index (κ2) is 9.76. The lowest BCUT2D eigenvalue weighted by molar-refractivity contribution is 0.0658. The van der Waals surface area contributed by atoms with Crippen molar-refractivity contribution >= 4 is 22.8 Å². The number of fused-ring (bicyclic) bond motifs is 1. The van der Waals surface area contributed by atoms with Crippen molar-refractivity contribution in [3.05, 3.63) is 57.6 Å². The lowest BCUT2D eigenvalue weighted by Crippen LogP contribution is -2.47. The van der Waals surface area contributed by atoms with Crippen LogP contribution in [0.25, 0.3) is 11.2 Å². The topological polar surface area (TPSA) is 116 Å². The average Bonchev–Trinajstić information content (AvgIpc) is 3.13. The summed E-state index contributed by atoms with van der Waals surface area (Å²) in [6.45, 7) is 4.57. The van der Waals surface area contributed by atoms with Crippen molar-refractivity contribution < 1.29 is 4.79 Å². The van der Waals surface area contributed by atoms with Gasteiger partial charge in [-0.1, -0.05) is 18.2 Å². The van der Waals surface area contributed by atoms with E-state index in [1.54, 1.807) is 17.7 Å². The average molecular weight is 489 g/mol. The number of likely N-dealkylation sites (N-methyl/N-ethyl adjacent to an activating group) is 1. The van der Waals surface area contributed by atoms with Crippen LogP contribution in [0.3, 0.4) is 0 Å². The molecule has 2 aliphatic rings. The number of pyridine rings is 1. The first kappa shape index (κ1) is 24.0. The fourth-order valence-corrected chi connectivity index (χ4v) is 5.21. The van der Waals surface area contributed by atoms with Crippen LogP contribution in [-0.4, -0.2) is 82.2 Å². The molecule has 10 nitrogen and oxygen atoms in total. The molecule has 0 bridgehead atoms. The third-order valence-electron chi connectivity index (χ3n) is 7.33. The number of hydrogen-bond acceptors (Lipinski definition) is 7. The molecule has 1 aromatic carbocycles. The van der Waals surface area contributed by atoms with Crippen molar-refractivity contribution in [3.8, 4) is 6.07 Å².